The Balaban J connectivity index is 1.49. The molecule has 1 heterocycles. The van der Waals surface area contributed by atoms with Gasteiger partial charge in [0.1, 0.15) is 0 Å². The Hall–Kier alpha value is -3.75. The summed E-state index contributed by atoms with van der Waals surface area (Å²) in [4.78, 5) is 27.0. The monoisotopic (exact) mass is 431 g/mol. The Morgan fingerprint density at radius 2 is 1.84 bits per heavy atom. The molecule has 156 valence electrons. The van der Waals surface area contributed by atoms with Crippen LogP contribution in [0.1, 0.15) is 31.8 Å². The molecule has 1 aliphatic heterocycles. The van der Waals surface area contributed by atoms with Gasteiger partial charge in [0, 0.05) is 33.7 Å². The van der Waals surface area contributed by atoms with E-state index in [1.807, 2.05) is 48.5 Å². The fourth-order valence-electron chi connectivity index (χ4n) is 3.27. The first-order chi connectivity index (χ1) is 15.1. The van der Waals surface area contributed by atoms with Crippen molar-refractivity contribution in [1.29, 1.82) is 0 Å². The summed E-state index contributed by atoms with van der Waals surface area (Å²) in [6.45, 7) is 0.332. The lowest BCUT2D eigenvalue weighted by Gasteiger charge is -2.11. The van der Waals surface area contributed by atoms with Crippen molar-refractivity contribution in [3.05, 3.63) is 95.2 Å². The number of hydrogen-bond donors (Lipinski definition) is 5. The van der Waals surface area contributed by atoms with E-state index in [1.54, 1.807) is 18.2 Å². The van der Waals surface area contributed by atoms with Gasteiger partial charge < -0.3 is 21.8 Å². The Morgan fingerprint density at radius 3 is 2.65 bits per heavy atom. The molecule has 0 aromatic heterocycles. The molecule has 4 rings (SSSR count). The summed E-state index contributed by atoms with van der Waals surface area (Å²) in [6, 6.07) is 20.3. The van der Waals surface area contributed by atoms with Crippen LogP contribution in [0.2, 0.25) is 0 Å². The SMILES string of the molecule is N/C=C(\NN)c1cccc(CNC(=O)c2ccc3c(c2)NC(=O)c2ccccc2S3)c1. The maximum absolute atomic E-state index is 12.7. The standard InChI is InChI=1S/C23H21N5O2S/c24-12-19(28-25)15-5-3-4-14(10-15)13-26-22(29)16-8-9-21-18(11-16)27-23(30)17-6-1-2-7-20(17)31-21/h1-12,28H,13,24-25H2,(H,26,29)(H,27,30)/b19-12-. The van der Waals surface area contributed by atoms with E-state index in [4.69, 9.17) is 11.6 Å². The predicted octanol–water partition coefficient (Wildman–Crippen LogP) is 3.05. The summed E-state index contributed by atoms with van der Waals surface area (Å²) < 4.78 is 0. The first-order valence-corrected chi connectivity index (χ1v) is 10.4. The predicted molar refractivity (Wildman–Crippen MR) is 122 cm³/mol. The molecule has 8 heteroatoms. The second-order valence-corrected chi connectivity index (χ2v) is 7.95. The van der Waals surface area contributed by atoms with Gasteiger partial charge in [-0.2, -0.15) is 0 Å². The van der Waals surface area contributed by atoms with Gasteiger partial charge in [-0.3, -0.25) is 15.4 Å². The number of anilines is 1. The molecule has 31 heavy (non-hydrogen) atoms. The fraction of sp³-hybridized carbons (Fsp3) is 0.0435. The molecular formula is C23H21N5O2S. The minimum atomic E-state index is -0.235. The zero-order chi connectivity index (χ0) is 21.8. The number of amides is 2. The van der Waals surface area contributed by atoms with Crippen molar-refractivity contribution in [2.24, 2.45) is 11.6 Å². The minimum Gasteiger partial charge on any atom is -0.403 e. The second-order valence-electron chi connectivity index (χ2n) is 6.87. The second kappa shape index (κ2) is 8.95. The summed E-state index contributed by atoms with van der Waals surface area (Å²) in [6.07, 6.45) is 1.39. The van der Waals surface area contributed by atoms with Gasteiger partial charge in [-0.05, 0) is 42.0 Å². The van der Waals surface area contributed by atoms with Crippen molar-refractivity contribution in [3.8, 4) is 0 Å². The van der Waals surface area contributed by atoms with Gasteiger partial charge in [0.2, 0.25) is 0 Å². The first-order valence-electron chi connectivity index (χ1n) is 9.57. The van der Waals surface area contributed by atoms with Gasteiger partial charge >= 0.3 is 0 Å². The van der Waals surface area contributed by atoms with Gasteiger partial charge in [-0.15, -0.1) is 0 Å². The number of carbonyl (C=O) groups excluding carboxylic acids is 2. The summed E-state index contributed by atoms with van der Waals surface area (Å²) in [7, 11) is 0. The third-order valence-corrected chi connectivity index (χ3v) is 6.01. The lowest BCUT2D eigenvalue weighted by Crippen LogP contribution is -2.23. The lowest BCUT2D eigenvalue weighted by molar-refractivity contribution is 0.0949. The molecular weight excluding hydrogens is 410 g/mol. The zero-order valence-corrected chi connectivity index (χ0v) is 17.3. The summed E-state index contributed by atoms with van der Waals surface area (Å²) >= 11 is 1.50. The molecule has 0 atom stereocenters. The maximum atomic E-state index is 12.7. The van der Waals surface area contributed by atoms with Crippen molar-refractivity contribution < 1.29 is 9.59 Å². The van der Waals surface area contributed by atoms with Crippen LogP contribution in [0.25, 0.3) is 5.70 Å². The number of fused-ring (bicyclic) bond motifs is 2. The van der Waals surface area contributed by atoms with Crippen LogP contribution in [0.5, 0.6) is 0 Å². The summed E-state index contributed by atoms with van der Waals surface area (Å²) in [5.74, 6) is 5.05. The Labute approximate surface area is 183 Å². The highest BCUT2D eigenvalue weighted by molar-refractivity contribution is 7.99. The van der Waals surface area contributed by atoms with E-state index < -0.39 is 0 Å². The van der Waals surface area contributed by atoms with Crippen LogP contribution in [0, 0.1) is 0 Å². The molecule has 3 aromatic carbocycles. The van der Waals surface area contributed by atoms with Crippen molar-refractivity contribution >= 4 is 35.0 Å². The highest BCUT2D eigenvalue weighted by Crippen LogP contribution is 2.38. The van der Waals surface area contributed by atoms with Gasteiger partial charge in [-0.1, -0.05) is 42.1 Å². The van der Waals surface area contributed by atoms with Crippen LogP contribution in [-0.4, -0.2) is 11.8 Å². The molecule has 2 amide bonds. The summed E-state index contributed by atoms with van der Waals surface area (Å²) in [5, 5.41) is 5.81. The number of hydrogen-bond acceptors (Lipinski definition) is 6. The van der Waals surface area contributed by atoms with E-state index in [-0.39, 0.29) is 11.8 Å². The van der Waals surface area contributed by atoms with Crippen LogP contribution < -0.4 is 27.6 Å². The van der Waals surface area contributed by atoms with Gasteiger partial charge in [0.25, 0.3) is 11.8 Å². The third kappa shape index (κ3) is 4.40. The van der Waals surface area contributed by atoms with E-state index in [2.05, 4.69) is 16.1 Å². The quantitative estimate of drug-likeness (QED) is 0.313. The maximum Gasteiger partial charge on any atom is 0.256 e. The molecule has 0 unspecified atom stereocenters. The Kier molecular flexibility index (Phi) is 5.92. The molecule has 0 bridgehead atoms. The van der Waals surface area contributed by atoms with Crippen LogP contribution in [-0.2, 0) is 6.54 Å². The van der Waals surface area contributed by atoms with Crippen molar-refractivity contribution in [1.82, 2.24) is 10.7 Å². The van der Waals surface area contributed by atoms with Crippen LogP contribution in [0.15, 0.2) is 82.7 Å². The number of carbonyl (C=O) groups is 2. The largest absolute Gasteiger partial charge is 0.403 e. The number of nitrogens with one attached hydrogen (secondary N) is 3. The van der Waals surface area contributed by atoms with E-state index in [0.29, 0.717) is 29.1 Å². The molecule has 0 saturated heterocycles. The number of benzene rings is 3. The van der Waals surface area contributed by atoms with Crippen LogP contribution in [0.3, 0.4) is 0 Å². The summed E-state index contributed by atoms with van der Waals surface area (Å²) in [5.41, 5.74) is 12.1. The van der Waals surface area contributed by atoms with Crippen molar-refractivity contribution in [2.45, 2.75) is 16.3 Å². The van der Waals surface area contributed by atoms with E-state index in [1.165, 1.54) is 18.0 Å². The number of nitrogens with two attached hydrogens (primary N) is 2. The van der Waals surface area contributed by atoms with Crippen LogP contribution in [0.4, 0.5) is 5.69 Å². The molecule has 1 aliphatic rings. The van der Waals surface area contributed by atoms with E-state index >= 15 is 0 Å². The van der Waals surface area contributed by atoms with E-state index in [0.717, 1.165) is 20.9 Å². The molecule has 0 spiro atoms. The van der Waals surface area contributed by atoms with E-state index in [9.17, 15) is 9.59 Å². The molecule has 0 saturated carbocycles. The Morgan fingerprint density at radius 1 is 1.00 bits per heavy atom. The van der Waals surface area contributed by atoms with Crippen LogP contribution >= 0.6 is 11.8 Å². The molecule has 7 N–H and O–H groups in total. The molecule has 3 aromatic rings. The average molecular weight is 432 g/mol. The zero-order valence-electron chi connectivity index (χ0n) is 16.5. The normalized spacial score (nSPS) is 12.8. The number of rotatable bonds is 5. The molecule has 0 aliphatic carbocycles. The molecule has 7 nitrogen and oxygen atoms in total. The highest BCUT2D eigenvalue weighted by Gasteiger charge is 2.20. The topological polar surface area (TPSA) is 122 Å². The molecule has 0 radical (unpaired) electrons. The fourth-order valence-corrected chi connectivity index (χ4v) is 4.28. The van der Waals surface area contributed by atoms with Gasteiger partial charge in [-0.25, -0.2) is 0 Å². The van der Waals surface area contributed by atoms with Crippen molar-refractivity contribution in [3.63, 3.8) is 0 Å². The van der Waals surface area contributed by atoms with Gasteiger partial charge in [0.15, 0.2) is 0 Å². The average Bonchev–Trinajstić information content (AvgIpc) is 2.94. The number of hydrazine groups is 1. The smallest absolute Gasteiger partial charge is 0.256 e. The molecule has 0 fully saturated rings. The first kappa shape index (κ1) is 20.5. The minimum absolute atomic E-state index is 0.187. The van der Waals surface area contributed by atoms with Crippen molar-refractivity contribution in [2.75, 3.05) is 5.32 Å². The van der Waals surface area contributed by atoms with Gasteiger partial charge in [0.05, 0.1) is 16.9 Å². The Bertz CT molecular complexity index is 1190. The highest BCUT2D eigenvalue weighted by atomic mass is 32.2. The lowest BCUT2D eigenvalue weighted by atomic mass is 10.1. The third-order valence-electron chi connectivity index (χ3n) is 4.85.